The van der Waals surface area contributed by atoms with Crippen LogP contribution in [0, 0.1) is 5.41 Å². The van der Waals surface area contributed by atoms with E-state index in [1.165, 1.54) is 0 Å². The molecule has 174 valence electrons. The summed E-state index contributed by atoms with van der Waals surface area (Å²) in [5.74, 6) is 1.75. The summed E-state index contributed by atoms with van der Waals surface area (Å²) < 4.78 is 5.71. The van der Waals surface area contributed by atoms with Crippen LogP contribution in [0.4, 0.5) is 5.82 Å². The second kappa shape index (κ2) is 7.55. The highest BCUT2D eigenvalue weighted by molar-refractivity contribution is 5.93. The number of aromatic nitrogens is 3. The summed E-state index contributed by atoms with van der Waals surface area (Å²) in [5.41, 5.74) is 3.03. The molecule has 2 aliphatic rings. The quantitative estimate of drug-likeness (QED) is 0.627. The maximum absolute atomic E-state index is 13.4. The molecule has 0 unspecified atom stereocenters. The predicted octanol–water partition coefficient (Wildman–Crippen LogP) is 4.47. The maximum Gasteiger partial charge on any atom is 0.229 e. The Morgan fingerprint density at radius 3 is 2.73 bits per heavy atom. The van der Waals surface area contributed by atoms with Crippen molar-refractivity contribution < 1.29 is 9.53 Å². The van der Waals surface area contributed by atoms with Crippen LogP contribution >= 0.6 is 0 Å². The summed E-state index contributed by atoms with van der Waals surface area (Å²) in [6.45, 7) is 14.9. The Bertz CT molecular complexity index is 1220. The van der Waals surface area contributed by atoms with E-state index in [9.17, 15) is 4.79 Å². The van der Waals surface area contributed by atoms with Crippen molar-refractivity contribution >= 4 is 22.6 Å². The van der Waals surface area contributed by atoms with Gasteiger partial charge in [0.25, 0.3) is 0 Å². The zero-order valence-corrected chi connectivity index (χ0v) is 20.4. The second-order valence-electron chi connectivity index (χ2n) is 10.8. The van der Waals surface area contributed by atoms with E-state index in [4.69, 9.17) is 14.7 Å². The summed E-state index contributed by atoms with van der Waals surface area (Å²) in [4.78, 5) is 31.3. The molecule has 7 nitrogen and oxygen atoms in total. The first-order chi connectivity index (χ1) is 15.6. The number of morpholine rings is 1. The maximum atomic E-state index is 13.4. The molecule has 0 aliphatic carbocycles. The van der Waals surface area contributed by atoms with E-state index in [2.05, 4.69) is 48.9 Å². The largest absolute Gasteiger partial charge is 0.377 e. The first kappa shape index (κ1) is 21.9. The molecule has 1 saturated heterocycles. The number of nitrogens with one attached hydrogen (secondary N) is 1. The molecule has 4 heterocycles. The summed E-state index contributed by atoms with van der Waals surface area (Å²) >= 11 is 0. The van der Waals surface area contributed by atoms with E-state index in [1.54, 1.807) is 0 Å². The molecular formula is C26H33N5O2. The third kappa shape index (κ3) is 3.50. The number of hydrogen-bond donors (Lipinski definition) is 1. The Morgan fingerprint density at radius 2 is 2.00 bits per heavy atom. The van der Waals surface area contributed by atoms with Gasteiger partial charge >= 0.3 is 0 Å². The normalized spacial score (nSPS) is 20.4. The number of benzene rings is 1. The lowest BCUT2D eigenvalue weighted by atomic mass is 9.91. The van der Waals surface area contributed by atoms with E-state index >= 15 is 0 Å². The van der Waals surface area contributed by atoms with Crippen LogP contribution in [0.3, 0.4) is 0 Å². The summed E-state index contributed by atoms with van der Waals surface area (Å²) in [6.07, 6.45) is 1.94. The smallest absolute Gasteiger partial charge is 0.229 e. The summed E-state index contributed by atoms with van der Waals surface area (Å²) in [5, 5.41) is 1.09. The number of hydrogen-bond acceptors (Lipinski definition) is 5. The first-order valence-corrected chi connectivity index (χ1v) is 11.7. The van der Waals surface area contributed by atoms with Gasteiger partial charge in [-0.25, -0.2) is 9.97 Å². The van der Waals surface area contributed by atoms with Crippen molar-refractivity contribution in [2.45, 2.75) is 59.7 Å². The number of rotatable bonds is 2. The molecule has 0 spiro atoms. The summed E-state index contributed by atoms with van der Waals surface area (Å²) in [6, 6.07) is 8.43. The van der Waals surface area contributed by atoms with Gasteiger partial charge in [-0.15, -0.1) is 0 Å². The molecule has 2 aromatic heterocycles. The van der Waals surface area contributed by atoms with Gasteiger partial charge in [0.05, 0.1) is 37.0 Å². The van der Waals surface area contributed by atoms with Gasteiger partial charge < -0.3 is 19.5 Å². The highest BCUT2D eigenvalue weighted by Crippen LogP contribution is 2.44. The van der Waals surface area contributed by atoms with Crippen molar-refractivity contribution in [2.24, 2.45) is 5.41 Å². The van der Waals surface area contributed by atoms with Gasteiger partial charge in [0.1, 0.15) is 5.82 Å². The molecule has 5 rings (SSSR count). The molecule has 1 fully saturated rings. The lowest BCUT2D eigenvalue weighted by molar-refractivity contribution is -0.145. The van der Waals surface area contributed by atoms with Crippen LogP contribution in [-0.2, 0) is 21.6 Å². The molecule has 0 saturated carbocycles. The average Bonchev–Trinajstić information content (AvgIpc) is 3.34. The summed E-state index contributed by atoms with van der Waals surface area (Å²) in [7, 11) is 0. The minimum absolute atomic E-state index is 0.126. The number of carbonyl (C=O) groups excluding carboxylic acids is 1. The van der Waals surface area contributed by atoms with Gasteiger partial charge in [0.15, 0.2) is 5.82 Å². The number of ether oxygens (including phenoxy) is 1. The molecule has 1 N–H and O–H groups in total. The molecule has 0 bridgehead atoms. The number of carbonyl (C=O) groups is 1. The van der Waals surface area contributed by atoms with Crippen molar-refractivity contribution in [1.29, 1.82) is 0 Å². The third-order valence-corrected chi connectivity index (χ3v) is 6.92. The van der Waals surface area contributed by atoms with Crippen molar-refractivity contribution in [3.05, 3.63) is 41.7 Å². The van der Waals surface area contributed by atoms with E-state index in [-0.39, 0.29) is 11.9 Å². The van der Waals surface area contributed by atoms with Crippen LogP contribution in [0.2, 0.25) is 0 Å². The lowest BCUT2D eigenvalue weighted by Gasteiger charge is -2.36. The van der Waals surface area contributed by atoms with Crippen molar-refractivity contribution in [1.82, 2.24) is 19.9 Å². The second-order valence-corrected chi connectivity index (χ2v) is 10.8. The fourth-order valence-corrected chi connectivity index (χ4v) is 5.02. The number of aromatic amines is 1. The monoisotopic (exact) mass is 447 g/mol. The minimum Gasteiger partial charge on any atom is -0.377 e. The third-order valence-electron chi connectivity index (χ3n) is 6.92. The van der Waals surface area contributed by atoms with Gasteiger partial charge in [-0.1, -0.05) is 32.9 Å². The van der Waals surface area contributed by atoms with E-state index in [0.717, 1.165) is 40.1 Å². The number of amides is 1. The van der Waals surface area contributed by atoms with Gasteiger partial charge in [-0.2, -0.15) is 0 Å². The predicted molar refractivity (Wildman–Crippen MR) is 130 cm³/mol. The van der Waals surface area contributed by atoms with Crippen LogP contribution in [0.25, 0.3) is 22.3 Å². The van der Waals surface area contributed by atoms with Crippen molar-refractivity contribution in [2.75, 3.05) is 24.7 Å². The molecule has 1 amide bonds. The molecule has 2 aliphatic heterocycles. The van der Waals surface area contributed by atoms with Gasteiger partial charge in [0, 0.05) is 40.2 Å². The molecule has 1 aromatic carbocycles. The van der Waals surface area contributed by atoms with Crippen molar-refractivity contribution in [3.8, 4) is 11.4 Å². The standard InChI is InChI=1S/C26H33N5O2/c1-16-15-33-13-12-30(16)23-19-14-31(24(32)25(2,3)4)26(5,6)21(19)28-22(29-23)18-8-7-9-20-17(18)10-11-27-20/h7-11,16,27H,12-15H2,1-6H3/t16-/m1/s1. The van der Waals surface area contributed by atoms with Gasteiger partial charge in [-0.3, -0.25) is 4.79 Å². The average molecular weight is 448 g/mol. The van der Waals surface area contributed by atoms with Crippen LogP contribution < -0.4 is 4.90 Å². The molecule has 1 atom stereocenters. The minimum atomic E-state index is -0.534. The zero-order chi connectivity index (χ0) is 23.5. The number of anilines is 1. The Labute approximate surface area is 195 Å². The molecule has 33 heavy (non-hydrogen) atoms. The van der Waals surface area contributed by atoms with Crippen LogP contribution in [0.5, 0.6) is 0 Å². The first-order valence-electron chi connectivity index (χ1n) is 11.7. The van der Waals surface area contributed by atoms with E-state index in [0.29, 0.717) is 25.6 Å². The Hall–Kier alpha value is -2.93. The lowest BCUT2D eigenvalue weighted by Crippen LogP contribution is -2.46. The van der Waals surface area contributed by atoms with Crippen LogP contribution in [0.15, 0.2) is 30.5 Å². The molecule has 3 aromatic rings. The highest BCUT2D eigenvalue weighted by atomic mass is 16.5. The Balaban J connectivity index is 1.72. The molecule has 0 radical (unpaired) electrons. The zero-order valence-electron chi connectivity index (χ0n) is 20.4. The molecular weight excluding hydrogens is 414 g/mol. The van der Waals surface area contributed by atoms with Gasteiger partial charge in [0.2, 0.25) is 5.91 Å². The Kier molecular flexibility index (Phi) is 5.01. The Morgan fingerprint density at radius 1 is 1.21 bits per heavy atom. The van der Waals surface area contributed by atoms with Crippen LogP contribution in [0.1, 0.15) is 52.8 Å². The number of nitrogens with zero attached hydrogens (tertiary/aromatic N) is 4. The fraction of sp³-hybridized carbons (Fsp3) is 0.500. The van der Waals surface area contributed by atoms with E-state index < -0.39 is 11.0 Å². The van der Waals surface area contributed by atoms with Crippen molar-refractivity contribution in [3.63, 3.8) is 0 Å². The fourth-order valence-electron chi connectivity index (χ4n) is 5.02. The highest BCUT2D eigenvalue weighted by Gasteiger charge is 2.47. The topological polar surface area (TPSA) is 74.3 Å². The SMILES string of the molecule is C[C@@H]1COCCN1c1nc(-c2cccc3[nH]ccc23)nc2c1CN(C(=O)C(C)(C)C)C2(C)C. The molecule has 7 heteroatoms. The number of H-pyrrole nitrogens is 1. The van der Waals surface area contributed by atoms with Gasteiger partial charge in [-0.05, 0) is 32.9 Å². The van der Waals surface area contributed by atoms with Crippen LogP contribution in [-0.4, -0.2) is 51.6 Å². The number of fused-ring (bicyclic) bond motifs is 2. The van der Waals surface area contributed by atoms with E-state index in [1.807, 2.05) is 37.9 Å².